The second-order valence-electron chi connectivity index (χ2n) is 5.90. The fourth-order valence-electron chi connectivity index (χ4n) is 2.44. The standard InChI is InChI=1S/C19H12Cl4N2O3S/c20-12-5-13(21)8-16(7-12)24-19(26)11-1-3-18(4-2-11)29(27,28)25-17-9-14(22)6-15(23)10-17/h1-10,25H,(H,24,26). The summed E-state index contributed by atoms with van der Waals surface area (Å²) in [7, 11) is -3.89. The minimum atomic E-state index is -3.89. The highest BCUT2D eigenvalue weighted by Gasteiger charge is 2.16. The van der Waals surface area contributed by atoms with Crippen LogP contribution in [0.3, 0.4) is 0 Å². The number of rotatable bonds is 5. The van der Waals surface area contributed by atoms with E-state index in [2.05, 4.69) is 10.0 Å². The van der Waals surface area contributed by atoms with Gasteiger partial charge < -0.3 is 5.32 Å². The van der Waals surface area contributed by atoms with Crippen molar-refractivity contribution in [2.45, 2.75) is 4.90 Å². The molecule has 0 fully saturated rings. The number of amides is 1. The zero-order valence-corrected chi connectivity index (χ0v) is 18.3. The first-order valence-corrected chi connectivity index (χ1v) is 11.0. The molecular formula is C19H12Cl4N2O3S. The van der Waals surface area contributed by atoms with Gasteiger partial charge in [-0.2, -0.15) is 0 Å². The molecule has 3 aromatic rings. The minimum Gasteiger partial charge on any atom is -0.322 e. The lowest BCUT2D eigenvalue weighted by atomic mass is 10.2. The van der Waals surface area contributed by atoms with Crippen LogP contribution >= 0.6 is 46.4 Å². The maximum absolute atomic E-state index is 12.5. The van der Waals surface area contributed by atoms with E-state index in [4.69, 9.17) is 46.4 Å². The zero-order valence-electron chi connectivity index (χ0n) is 14.4. The number of carbonyl (C=O) groups excluding carboxylic acids is 1. The van der Waals surface area contributed by atoms with E-state index in [0.717, 1.165) is 0 Å². The lowest BCUT2D eigenvalue weighted by Crippen LogP contribution is -2.15. The molecule has 0 atom stereocenters. The average molecular weight is 490 g/mol. The molecule has 1 amide bonds. The molecule has 150 valence electrons. The van der Waals surface area contributed by atoms with E-state index in [1.807, 2.05) is 0 Å². The molecular weight excluding hydrogens is 478 g/mol. The second-order valence-corrected chi connectivity index (χ2v) is 9.33. The largest absolute Gasteiger partial charge is 0.322 e. The highest BCUT2D eigenvalue weighted by Crippen LogP contribution is 2.25. The Hall–Kier alpha value is -1.96. The van der Waals surface area contributed by atoms with Gasteiger partial charge in [0.2, 0.25) is 0 Å². The summed E-state index contributed by atoms with van der Waals surface area (Å²) in [5, 5.41) is 3.99. The van der Waals surface area contributed by atoms with Crippen LogP contribution in [0.1, 0.15) is 10.4 Å². The van der Waals surface area contributed by atoms with E-state index in [1.165, 1.54) is 42.5 Å². The van der Waals surface area contributed by atoms with Gasteiger partial charge >= 0.3 is 0 Å². The monoisotopic (exact) mass is 488 g/mol. The molecule has 2 N–H and O–H groups in total. The Morgan fingerprint density at radius 3 is 1.62 bits per heavy atom. The summed E-state index contributed by atoms with van der Waals surface area (Å²) in [4.78, 5) is 12.3. The number of benzene rings is 3. The third-order valence-corrected chi connectivity index (χ3v) is 5.93. The van der Waals surface area contributed by atoms with Crippen molar-refractivity contribution in [3.8, 4) is 0 Å². The fraction of sp³-hybridized carbons (Fsp3) is 0. The highest BCUT2D eigenvalue weighted by molar-refractivity contribution is 7.92. The van der Waals surface area contributed by atoms with Gasteiger partial charge in [-0.3, -0.25) is 9.52 Å². The predicted molar refractivity (Wildman–Crippen MR) is 118 cm³/mol. The minimum absolute atomic E-state index is 0.0315. The van der Waals surface area contributed by atoms with Crippen LogP contribution in [0.2, 0.25) is 20.1 Å². The molecule has 0 heterocycles. The summed E-state index contributed by atoms with van der Waals surface area (Å²) in [5.74, 6) is -0.443. The molecule has 0 aliphatic carbocycles. The van der Waals surface area contributed by atoms with Gasteiger partial charge in [0.1, 0.15) is 0 Å². The molecule has 0 radical (unpaired) electrons. The van der Waals surface area contributed by atoms with Crippen LogP contribution in [0, 0.1) is 0 Å². The summed E-state index contributed by atoms with van der Waals surface area (Å²) >= 11 is 23.6. The van der Waals surface area contributed by atoms with Crippen LogP contribution in [0.15, 0.2) is 65.6 Å². The molecule has 0 saturated heterocycles. The molecule has 0 saturated carbocycles. The van der Waals surface area contributed by atoms with E-state index in [9.17, 15) is 13.2 Å². The van der Waals surface area contributed by atoms with Crippen molar-refractivity contribution in [2.24, 2.45) is 0 Å². The molecule has 0 aromatic heterocycles. The van der Waals surface area contributed by atoms with Crippen LogP contribution < -0.4 is 10.0 Å². The predicted octanol–water partition coefficient (Wildman–Crippen LogP) is 6.35. The number of halogens is 4. The maximum atomic E-state index is 12.5. The summed E-state index contributed by atoms with van der Waals surface area (Å²) in [6.45, 7) is 0. The van der Waals surface area contributed by atoms with Crippen molar-refractivity contribution >= 4 is 73.7 Å². The SMILES string of the molecule is O=C(Nc1cc(Cl)cc(Cl)c1)c1ccc(S(=O)(=O)Nc2cc(Cl)cc(Cl)c2)cc1. The first kappa shape index (κ1) is 21.7. The number of carbonyl (C=O) groups is 1. The van der Waals surface area contributed by atoms with Crippen LogP contribution in [0.4, 0.5) is 11.4 Å². The summed E-state index contributed by atoms with van der Waals surface area (Å²) in [6.07, 6.45) is 0. The molecule has 29 heavy (non-hydrogen) atoms. The van der Waals surface area contributed by atoms with Gasteiger partial charge in [0.05, 0.1) is 10.6 Å². The number of nitrogens with one attached hydrogen (secondary N) is 2. The Bertz CT molecular complexity index is 1140. The van der Waals surface area contributed by atoms with E-state index < -0.39 is 15.9 Å². The zero-order chi connectivity index (χ0) is 21.2. The Kier molecular flexibility index (Phi) is 6.61. The average Bonchev–Trinajstić information content (AvgIpc) is 2.59. The molecule has 5 nitrogen and oxygen atoms in total. The van der Waals surface area contributed by atoms with Crippen molar-refractivity contribution in [1.29, 1.82) is 0 Å². The molecule has 3 rings (SSSR count). The number of sulfonamides is 1. The van der Waals surface area contributed by atoms with Crippen molar-refractivity contribution in [1.82, 2.24) is 0 Å². The van der Waals surface area contributed by atoms with Gasteiger partial charge in [-0.1, -0.05) is 46.4 Å². The molecule has 0 aliphatic heterocycles. The fourth-order valence-corrected chi connectivity index (χ4v) is 4.53. The second kappa shape index (κ2) is 8.81. The summed E-state index contributed by atoms with van der Waals surface area (Å²) in [5.41, 5.74) is 0.900. The summed E-state index contributed by atoms with van der Waals surface area (Å²) in [6, 6.07) is 14.4. The first-order chi connectivity index (χ1) is 13.6. The van der Waals surface area contributed by atoms with Gasteiger partial charge in [0, 0.05) is 31.3 Å². The van der Waals surface area contributed by atoms with Gasteiger partial charge in [-0.15, -0.1) is 0 Å². The normalized spacial score (nSPS) is 11.2. The van der Waals surface area contributed by atoms with E-state index >= 15 is 0 Å². The van der Waals surface area contributed by atoms with E-state index in [1.54, 1.807) is 18.2 Å². The maximum Gasteiger partial charge on any atom is 0.261 e. The number of anilines is 2. The van der Waals surface area contributed by atoms with Gasteiger partial charge in [0.25, 0.3) is 15.9 Å². The van der Waals surface area contributed by atoms with Gasteiger partial charge in [0.15, 0.2) is 0 Å². The van der Waals surface area contributed by atoms with Crippen LogP contribution in [0.5, 0.6) is 0 Å². The third kappa shape index (κ3) is 5.78. The molecule has 3 aromatic carbocycles. The van der Waals surface area contributed by atoms with E-state index in [-0.39, 0.29) is 16.1 Å². The van der Waals surface area contributed by atoms with Gasteiger partial charge in [-0.05, 0) is 60.7 Å². The van der Waals surface area contributed by atoms with Crippen LogP contribution in [-0.4, -0.2) is 14.3 Å². The molecule has 0 bridgehead atoms. The molecule has 10 heteroatoms. The third-order valence-electron chi connectivity index (χ3n) is 3.66. The van der Waals surface area contributed by atoms with Crippen molar-refractivity contribution in [3.05, 3.63) is 86.3 Å². The molecule has 0 spiro atoms. The van der Waals surface area contributed by atoms with Crippen LogP contribution in [0.25, 0.3) is 0 Å². The quantitative estimate of drug-likeness (QED) is 0.438. The Morgan fingerprint density at radius 1 is 0.690 bits per heavy atom. The van der Waals surface area contributed by atoms with Gasteiger partial charge in [-0.25, -0.2) is 8.42 Å². The van der Waals surface area contributed by atoms with Crippen molar-refractivity contribution in [2.75, 3.05) is 10.0 Å². The van der Waals surface area contributed by atoms with Crippen LogP contribution in [-0.2, 0) is 10.0 Å². The smallest absolute Gasteiger partial charge is 0.261 e. The number of hydrogen-bond donors (Lipinski definition) is 2. The summed E-state index contributed by atoms with van der Waals surface area (Å²) < 4.78 is 27.5. The first-order valence-electron chi connectivity index (χ1n) is 7.99. The lowest BCUT2D eigenvalue weighted by molar-refractivity contribution is 0.102. The Labute approximate surface area is 187 Å². The molecule has 0 unspecified atom stereocenters. The molecule has 0 aliphatic rings. The Morgan fingerprint density at radius 2 is 1.14 bits per heavy atom. The van der Waals surface area contributed by atoms with Crippen molar-refractivity contribution in [3.63, 3.8) is 0 Å². The van der Waals surface area contributed by atoms with E-state index in [0.29, 0.717) is 25.8 Å². The lowest BCUT2D eigenvalue weighted by Gasteiger charge is -2.10. The number of hydrogen-bond acceptors (Lipinski definition) is 3. The topological polar surface area (TPSA) is 75.3 Å². The Balaban J connectivity index is 1.77. The highest BCUT2D eigenvalue weighted by atomic mass is 35.5. The van der Waals surface area contributed by atoms with Crippen molar-refractivity contribution < 1.29 is 13.2 Å².